The van der Waals surface area contributed by atoms with Gasteiger partial charge in [0.15, 0.2) is 5.13 Å². The third kappa shape index (κ3) is 2.43. The monoisotopic (exact) mass is 294 g/mol. The number of hydrogen-bond donors (Lipinski definition) is 1. The second kappa shape index (κ2) is 5.72. The summed E-state index contributed by atoms with van der Waals surface area (Å²) in [5.74, 6) is -1.10. The molecule has 0 saturated carbocycles. The number of aryl methyl sites for hydroxylation is 1. The molecule has 4 nitrogen and oxygen atoms in total. The van der Waals surface area contributed by atoms with Crippen LogP contribution in [0.3, 0.4) is 0 Å². The van der Waals surface area contributed by atoms with Crippen molar-refractivity contribution in [2.75, 3.05) is 11.4 Å². The van der Waals surface area contributed by atoms with E-state index in [9.17, 15) is 9.90 Å². The molecule has 2 heterocycles. The molecule has 0 amide bonds. The lowest BCUT2D eigenvalue weighted by Crippen LogP contribution is -2.39. The first-order chi connectivity index (χ1) is 9.70. The van der Waals surface area contributed by atoms with Crippen LogP contribution in [0.25, 0.3) is 0 Å². The average Bonchev–Trinajstić information content (AvgIpc) is 2.90. The van der Waals surface area contributed by atoms with E-state index in [-0.39, 0.29) is 5.92 Å². The molecule has 0 spiro atoms. The minimum absolute atomic E-state index is 0.381. The Bertz CT molecular complexity index is 500. The summed E-state index contributed by atoms with van der Waals surface area (Å²) in [6, 6.07) is 0.583. The first-order valence-electron chi connectivity index (χ1n) is 7.69. The third-order valence-corrected chi connectivity index (χ3v) is 5.75. The number of rotatable bonds is 3. The number of piperidine rings is 1. The molecule has 1 aromatic heterocycles. The van der Waals surface area contributed by atoms with Crippen molar-refractivity contribution in [2.24, 2.45) is 0 Å². The number of carboxylic acids is 1. The van der Waals surface area contributed by atoms with Gasteiger partial charge < -0.3 is 10.0 Å². The van der Waals surface area contributed by atoms with Gasteiger partial charge in [0.1, 0.15) is 5.92 Å². The maximum atomic E-state index is 11.4. The highest BCUT2D eigenvalue weighted by atomic mass is 32.1. The predicted octanol–water partition coefficient (Wildman–Crippen LogP) is 3.42. The third-order valence-electron chi connectivity index (χ3n) is 4.59. The highest BCUT2D eigenvalue weighted by molar-refractivity contribution is 7.15. The van der Waals surface area contributed by atoms with Crippen molar-refractivity contribution in [1.82, 2.24) is 4.98 Å². The van der Waals surface area contributed by atoms with Crippen molar-refractivity contribution in [3.63, 3.8) is 0 Å². The molecule has 2 atom stereocenters. The van der Waals surface area contributed by atoms with E-state index in [4.69, 9.17) is 4.98 Å². The van der Waals surface area contributed by atoms with Crippen LogP contribution < -0.4 is 4.90 Å². The van der Waals surface area contributed by atoms with Crippen LogP contribution in [-0.4, -0.2) is 28.6 Å². The molecular formula is C15H22N2O2S. The minimum atomic E-state index is -0.714. The van der Waals surface area contributed by atoms with E-state index in [0.29, 0.717) is 6.04 Å². The van der Waals surface area contributed by atoms with Crippen LogP contribution in [0.2, 0.25) is 0 Å². The van der Waals surface area contributed by atoms with Crippen molar-refractivity contribution in [1.29, 1.82) is 0 Å². The van der Waals surface area contributed by atoms with Crippen molar-refractivity contribution >= 4 is 22.4 Å². The second-order valence-electron chi connectivity index (χ2n) is 5.84. The van der Waals surface area contributed by atoms with E-state index < -0.39 is 5.97 Å². The number of aromatic nitrogens is 1. The van der Waals surface area contributed by atoms with Gasteiger partial charge in [-0.05, 0) is 44.9 Å². The Kier molecular flexibility index (Phi) is 3.96. The van der Waals surface area contributed by atoms with Crippen LogP contribution in [0.4, 0.5) is 5.13 Å². The number of hydrogen-bond acceptors (Lipinski definition) is 4. The molecule has 0 radical (unpaired) electrons. The van der Waals surface area contributed by atoms with Gasteiger partial charge in [0.05, 0.1) is 5.69 Å². The molecule has 2 aliphatic rings. The predicted molar refractivity (Wildman–Crippen MR) is 80.7 cm³/mol. The van der Waals surface area contributed by atoms with E-state index in [1.165, 1.54) is 24.1 Å². The van der Waals surface area contributed by atoms with Gasteiger partial charge in [0.25, 0.3) is 0 Å². The SMILES string of the molecule is CCC1CCCCN1c1nc2c(s1)CCCC2C(=O)O. The van der Waals surface area contributed by atoms with Gasteiger partial charge >= 0.3 is 5.97 Å². The standard InChI is InChI=1S/C15H22N2O2S/c1-2-10-6-3-4-9-17(10)15-16-13-11(14(18)19)7-5-8-12(13)20-15/h10-11H,2-9H2,1H3,(H,18,19). The summed E-state index contributed by atoms with van der Waals surface area (Å²) in [5, 5.41) is 10.4. The molecule has 1 fully saturated rings. The number of thiazole rings is 1. The summed E-state index contributed by atoms with van der Waals surface area (Å²) >= 11 is 1.73. The number of aliphatic carboxylic acids is 1. The van der Waals surface area contributed by atoms with Crippen molar-refractivity contribution in [2.45, 2.75) is 63.8 Å². The van der Waals surface area contributed by atoms with Crippen molar-refractivity contribution in [3.8, 4) is 0 Å². The first-order valence-corrected chi connectivity index (χ1v) is 8.51. The number of nitrogens with zero attached hydrogens (tertiary/aromatic N) is 2. The molecule has 3 rings (SSSR count). The number of carboxylic acid groups (broad SMARTS) is 1. The lowest BCUT2D eigenvalue weighted by atomic mass is 9.91. The summed E-state index contributed by atoms with van der Waals surface area (Å²) < 4.78 is 0. The van der Waals surface area contributed by atoms with Crippen LogP contribution in [0.1, 0.15) is 61.9 Å². The van der Waals surface area contributed by atoms with Crippen LogP contribution >= 0.6 is 11.3 Å². The molecule has 1 aromatic rings. The summed E-state index contributed by atoms with van der Waals surface area (Å²) in [5.41, 5.74) is 0.851. The number of carbonyl (C=O) groups is 1. The topological polar surface area (TPSA) is 53.4 Å². The molecule has 1 aliphatic heterocycles. The molecule has 1 aliphatic carbocycles. The molecule has 110 valence electrons. The molecule has 20 heavy (non-hydrogen) atoms. The maximum absolute atomic E-state index is 11.4. The highest BCUT2D eigenvalue weighted by Gasteiger charge is 2.32. The van der Waals surface area contributed by atoms with E-state index >= 15 is 0 Å². The highest BCUT2D eigenvalue weighted by Crippen LogP contribution is 2.39. The molecule has 1 saturated heterocycles. The molecule has 1 N–H and O–H groups in total. The lowest BCUT2D eigenvalue weighted by Gasteiger charge is -2.35. The summed E-state index contributed by atoms with van der Waals surface area (Å²) in [6.07, 6.45) is 7.63. The maximum Gasteiger partial charge on any atom is 0.312 e. The molecule has 0 aromatic carbocycles. The first kappa shape index (κ1) is 13.9. The number of fused-ring (bicyclic) bond motifs is 1. The summed E-state index contributed by atoms with van der Waals surface area (Å²) in [4.78, 5) is 19.7. The largest absolute Gasteiger partial charge is 0.481 e. The Morgan fingerprint density at radius 2 is 2.25 bits per heavy atom. The molecule has 0 bridgehead atoms. The smallest absolute Gasteiger partial charge is 0.312 e. The Balaban J connectivity index is 1.90. The lowest BCUT2D eigenvalue weighted by molar-refractivity contribution is -0.139. The number of anilines is 1. The van der Waals surface area contributed by atoms with E-state index in [1.54, 1.807) is 11.3 Å². The van der Waals surface area contributed by atoms with Crippen LogP contribution in [-0.2, 0) is 11.2 Å². The summed E-state index contributed by atoms with van der Waals surface area (Å²) in [6.45, 7) is 3.30. The fourth-order valence-electron chi connectivity index (χ4n) is 3.45. The van der Waals surface area contributed by atoms with Gasteiger partial charge in [0.2, 0.25) is 0 Å². The van der Waals surface area contributed by atoms with E-state index in [1.807, 2.05) is 0 Å². The zero-order valence-corrected chi connectivity index (χ0v) is 12.8. The second-order valence-corrected chi connectivity index (χ2v) is 6.90. The van der Waals surface area contributed by atoms with Crippen LogP contribution in [0.15, 0.2) is 0 Å². The average molecular weight is 294 g/mol. The Morgan fingerprint density at radius 3 is 3.00 bits per heavy atom. The Labute approximate surface area is 123 Å². The molecule has 2 unspecified atom stereocenters. The molecular weight excluding hydrogens is 272 g/mol. The van der Waals surface area contributed by atoms with Crippen molar-refractivity contribution < 1.29 is 9.90 Å². The van der Waals surface area contributed by atoms with Crippen LogP contribution in [0.5, 0.6) is 0 Å². The van der Waals surface area contributed by atoms with E-state index in [2.05, 4.69) is 11.8 Å². The van der Waals surface area contributed by atoms with Crippen LogP contribution in [0, 0.1) is 0 Å². The quantitative estimate of drug-likeness (QED) is 0.928. The minimum Gasteiger partial charge on any atom is -0.481 e. The Morgan fingerprint density at radius 1 is 1.40 bits per heavy atom. The summed E-state index contributed by atoms with van der Waals surface area (Å²) in [7, 11) is 0. The normalized spacial score (nSPS) is 26.4. The van der Waals surface area contributed by atoms with Gasteiger partial charge in [-0.25, -0.2) is 4.98 Å². The van der Waals surface area contributed by atoms with Gasteiger partial charge in [-0.3, -0.25) is 4.79 Å². The van der Waals surface area contributed by atoms with Gasteiger partial charge in [0, 0.05) is 17.5 Å². The molecule has 5 heteroatoms. The van der Waals surface area contributed by atoms with E-state index in [0.717, 1.165) is 43.1 Å². The van der Waals surface area contributed by atoms with Gasteiger partial charge in [-0.2, -0.15) is 0 Å². The zero-order valence-electron chi connectivity index (χ0n) is 12.0. The van der Waals surface area contributed by atoms with Gasteiger partial charge in [-0.15, -0.1) is 11.3 Å². The fourth-order valence-corrected chi connectivity index (χ4v) is 4.71. The Hall–Kier alpha value is -1.10. The van der Waals surface area contributed by atoms with Gasteiger partial charge in [-0.1, -0.05) is 6.92 Å². The fraction of sp³-hybridized carbons (Fsp3) is 0.733. The van der Waals surface area contributed by atoms with Crippen molar-refractivity contribution in [3.05, 3.63) is 10.6 Å². The zero-order chi connectivity index (χ0) is 14.1.